The summed E-state index contributed by atoms with van der Waals surface area (Å²) in [7, 11) is 0. The molecule has 0 saturated carbocycles. The topological polar surface area (TPSA) is 21.3 Å². The van der Waals surface area contributed by atoms with Gasteiger partial charge >= 0.3 is 0 Å². The van der Waals surface area contributed by atoms with Gasteiger partial charge in [0.25, 0.3) is 0 Å². The van der Waals surface area contributed by atoms with Crippen molar-refractivity contribution < 1.29 is 4.74 Å². The van der Waals surface area contributed by atoms with Gasteiger partial charge in [-0.25, -0.2) is 0 Å². The summed E-state index contributed by atoms with van der Waals surface area (Å²) in [6.45, 7) is 6.17. The minimum atomic E-state index is 0.410. The van der Waals surface area contributed by atoms with Crippen LogP contribution in [-0.4, -0.2) is 25.3 Å². The largest absolute Gasteiger partial charge is 0.376 e. The van der Waals surface area contributed by atoms with Gasteiger partial charge in [0.05, 0.1) is 12.7 Å². The SMILES string of the molecule is CC[C@@H]1CO[C@@H](C)CN1. The van der Waals surface area contributed by atoms with Crippen LogP contribution in [0.15, 0.2) is 0 Å². The Morgan fingerprint density at radius 2 is 2.44 bits per heavy atom. The predicted octanol–water partition coefficient (Wildman–Crippen LogP) is 0.773. The maximum absolute atomic E-state index is 5.42. The van der Waals surface area contributed by atoms with Gasteiger partial charge in [0, 0.05) is 12.6 Å². The Labute approximate surface area is 56.6 Å². The molecule has 0 aromatic rings. The molecule has 1 aliphatic rings. The molecule has 0 spiro atoms. The summed E-state index contributed by atoms with van der Waals surface area (Å²) in [5, 5.41) is 3.39. The highest BCUT2D eigenvalue weighted by Gasteiger charge is 2.14. The van der Waals surface area contributed by atoms with Crippen LogP contribution in [0.4, 0.5) is 0 Å². The molecule has 1 rings (SSSR count). The van der Waals surface area contributed by atoms with Crippen molar-refractivity contribution >= 4 is 0 Å². The number of rotatable bonds is 1. The second-order valence-corrected chi connectivity index (χ2v) is 2.66. The Morgan fingerprint density at radius 3 is 2.89 bits per heavy atom. The van der Waals surface area contributed by atoms with Gasteiger partial charge in [-0.2, -0.15) is 0 Å². The molecule has 9 heavy (non-hydrogen) atoms. The predicted molar refractivity (Wildman–Crippen MR) is 37.5 cm³/mol. The number of hydrogen-bond acceptors (Lipinski definition) is 2. The van der Waals surface area contributed by atoms with Crippen LogP contribution in [0.25, 0.3) is 0 Å². The summed E-state index contributed by atoms with van der Waals surface area (Å²) >= 11 is 0. The molecule has 1 N–H and O–H groups in total. The van der Waals surface area contributed by atoms with E-state index >= 15 is 0 Å². The van der Waals surface area contributed by atoms with Crippen molar-refractivity contribution in [1.82, 2.24) is 5.32 Å². The molecule has 0 radical (unpaired) electrons. The minimum Gasteiger partial charge on any atom is -0.376 e. The molecule has 0 aromatic carbocycles. The van der Waals surface area contributed by atoms with E-state index in [2.05, 4.69) is 19.2 Å². The van der Waals surface area contributed by atoms with E-state index in [1.54, 1.807) is 0 Å². The first-order valence-corrected chi connectivity index (χ1v) is 3.68. The van der Waals surface area contributed by atoms with Gasteiger partial charge in [0.1, 0.15) is 0 Å². The maximum Gasteiger partial charge on any atom is 0.0672 e. The molecular weight excluding hydrogens is 114 g/mol. The Hall–Kier alpha value is -0.0800. The highest BCUT2D eigenvalue weighted by Crippen LogP contribution is 2.01. The third-order valence-corrected chi connectivity index (χ3v) is 1.77. The molecule has 2 heteroatoms. The van der Waals surface area contributed by atoms with Crippen molar-refractivity contribution in [1.29, 1.82) is 0 Å². The Morgan fingerprint density at radius 1 is 1.67 bits per heavy atom. The fraction of sp³-hybridized carbons (Fsp3) is 1.00. The summed E-state index contributed by atoms with van der Waals surface area (Å²) in [4.78, 5) is 0. The van der Waals surface area contributed by atoms with Crippen LogP contribution in [0.5, 0.6) is 0 Å². The van der Waals surface area contributed by atoms with E-state index in [4.69, 9.17) is 4.74 Å². The number of ether oxygens (including phenoxy) is 1. The molecule has 1 heterocycles. The van der Waals surface area contributed by atoms with E-state index < -0.39 is 0 Å². The summed E-state index contributed by atoms with van der Waals surface area (Å²) < 4.78 is 5.42. The zero-order valence-electron chi connectivity index (χ0n) is 6.18. The first kappa shape index (κ1) is 7.03. The Balaban J connectivity index is 2.18. The first-order chi connectivity index (χ1) is 4.33. The van der Waals surface area contributed by atoms with Gasteiger partial charge in [-0.3, -0.25) is 0 Å². The van der Waals surface area contributed by atoms with Crippen molar-refractivity contribution in [3.8, 4) is 0 Å². The molecule has 0 amide bonds. The molecule has 1 aliphatic heterocycles. The summed E-state index contributed by atoms with van der Waals surface area (Å²) in [5.41, 5.74) is 0. The maximum atomic E-state index is 5.42. The van der Waals surface area contributed by atoms with Gasteiger partial charge in [-0.15, -0.1) is 0 Å². The molecule has 0 aromatic heterocycles. The first-order valence-electron chi connectivity index (χ1n) is 3.68. The molecule has 2 atom stereocenters. The van der Waals surface area contributed by atoms with E-state index in [1.165, 1.54) is 6.42 Å². The molecule has 0 aliphatic carbocycles. The van der Waals surface area contributed by atoms with Gasteiger partial charge in [-0.05, 0) is 13.3 Å². The third kappa shape index (κ3) is 1.95. The number of hydrogen-bond donors (Lipinski definition) is 1. The average Bonchev–Trinajstić information content (AvgIpc) is 1.90. The molecule has 1 fully saturated rings. The summed E-state index contributed by atoms with van der Waals surface area (Å²) in [6, 6.07) is 0.598. The fourth-order valence-corrected chi connectivity index (χ4v) is 0.993. The second kappa shape index (κ2) is 3.18. The molecule has 0 bridgehead atoms. The van der Waals surface area contributed by atoms with E-state index in [0.717, 1.165) is 13.2 Å². The van der Waals surface area contributed by atoms with E-state index in [-0.39, 0.29) is 0 Å². The van der Waals surface area contributed by atoms with Crippen molar-refractivity contribution in [2.45, 2.75) is 32.4 Å². The lowest BCUT2D eigenvalue weighted by Gasteiger charge is -2.27. The van der Waals surface area contributed by atoms with Gasteiger partial charge < -0.3 is 10.1 Å². The number of morpholine rings is 1. The Kier molecular flexibility index (Phi) is 2.49. The van der Waals surface area contributed by atoms with Gasteiger partial charge in [0.2, 0.25) is 0 Å². The zero-order valence-corrected chi connectivity index (χ0v) is 6.18. The lowest BCUT2D eigenvalue weighted by molar-refractivity contribution is 0.0146. The minimum absolute atomic E-state index is 0.410. The summed E-state index contributed by atoms with van der Waals surface area (Å²) in [6.07, 6.45) is 1.58. The van der Waals surface area contributed by atoms with Crippen LogP contribution < -0.4 is 5.32 Å². The standard InChI is InChI=1S/C7H15NO/c1-3-7-5-9-6(2)4-8-7/h6-8H,3-5H2,1-2H3/t6-,7+/m0/s1. The quantitative estimate of drug-likeness (QED) is 0.564. The molecule has 54 valence electrons. The molecule has 2 nitrogen and oxygen atoms in total. The highest BCUT2D eigenvalue weighted by atomic mass is 16.5. The van der Waals surface area contributed by atoms with Crippen molar-refractivity contribution in [3.05, 3.63) is 0 Å². The molecule has 0 unspecified atom stereocenters. The normalized spacial score (nSPS) is 36.7. The van der Waals surface area contributed by atoms with Crippen LogP contribution in [-0.2, 0) is 4.74 Å². The second-order valence-electron chi connectivity index (χ2n) is 2.66. The van der Waals surface area contributed by atoms with Crippen LogP contribution in [0.3, 0.4) is 0 Å². The number of nitrogens with one attached hydrogen (secondary N) is 1. The third-order valence-electron chi connectivity index (χ3n) is 1.77. The van der Waals surface area contributed by atoms with Crippen molar-refractivity contribution in [2.24, 2.45) is 0 Å². The monoisotopic (exact) mass is 129 g/mol. The van der Waals surface area contributed by atoms with Crippen LogP contribution in [0.2, 0.25) is 0 Å². The van der Waals surface area contributed by atoms with Gasteiger partial charge in [-0.1, -0.05) is 6.92 Å². The average molecular weight is 129 g/mol. The molecular formula is C7H15NO. The van der Waals surface area contributed by atoms with Crippen molar-refractivity contribution in [2.75, 3.05) is 13.2 Å². The van der Waals surface area contributed by atoms with Crippen LogP contribution in [0, 0.1) is 0 Å². The van der Waals surface area contributed by atoms with Crippen molar-refractivity contribution in [3.63, 3.8) is 0 Å². The Bertz CT molecular complexity index is 77.0. The van der Waals surface area contributed by atoms with E-state index in [9.17, 15) is 0 Å². The van der Waals surface area contributed by atoms with E-state index in [0.29, 0.717) is 12.1 Å². The highest BCUT2D eigenvalue weighted by molar-refractivity contribution is 4.71. The summed E-state index contributed by atoms with van der Waals surface area (Å²) in [5.74, 6) is 0. The lowest BCUT2D eigenvalue weighted by atomic mass is 10.2. The van der Waals surface area contributed by atoms with E-state index in [1.807, 2.05) is 0 Å². The smallest absolute Gasteiger partial charge is 0.0672 e. The van der Waals surface area contributed by atoms with Crippen LogP contribution in [0.1, 0.15) is 20.3 Å². The zero-order chi connectivity index (χ0) is 6.69. The molecule has 1 saturated heterocycles. The van der Waals surface area contributed by atoms with Gasteiger partial charge in [0.15, 0.2) is 0 Å². The lowest BCUT2D eigenvalue weighted by Crippen LogP contribution is -2.44. The van der Waals surface area contributed by atoms with Crippen LogP contribution >= 0.6 is 0 Å². The fourth-order valence-electron chi connectivity index (χ4n) is 0.993.